The molecular formula is C31H44FNO3S. The minimum atomic E-state index is -0.358. The molecular weight excluding hydrogens is 485 g/mol. The number of fused-ring (bicyclic) bond motifs is 6. The molecule has 0 saturated heterocycles. The number of aromatic nitrogens is 1. The SMILES string of the molecule is Cc1ccc2sc(CCC(C)[C@H]3CC[C@H]4[C@@H]5[C@H](O)C[C@@H]6C[C@H](O)CC[C@]6(C)[C@H]5C[C@H](O)[C@]34C)nc2c1F. The van der Waals surface area contributed by atoms with Gasteiger partial charge in [0.1, 0.15) is 5.52 Å². The van der Waals surface area contributed by atoms with Crippen molar-refractivity contribution in [2.75, 3.05) is 0 Å². The third-order valence-corrected chi connectivity index (χ3v) is 13.2. The number of aryl methyl sites for hydroxylation is 2. The fourth-order valence-corrected chi connectivity index (χ4v) is 10.9. The zero-order valence-corrected chi connectivity index (χ0v) is 23.6. The van der Waals surface area contributed by atoms with E-state index in [0.717, 1.165) is 67.5 Å². The second-order valence-electron chi connectivity index (χ2n) is 13.7. The van der Waals surface area contributed by atoms with E-state index in [1.807, 2.05) is 12.1 Å². The highest BCUT2D eigenvalue weighted by molar-refractivity contribution is 7.18. The molecule has 1 aromatic carbocycles. The maximum Gasteiger partial charge on any atom is 0.153 e. The molecule has 1 unspecified atom stereocenters. The standard InChI is InChI=1S/C31H44FNO3S/c1-16(6-10-26-33-29-24(37-26)9-5-17(2)28(29)32)20-7-8-21-27-22(15-25(36)31(20,21)4)30(3)12-11-19(34)13-18(30)14-23(27)35/h5,9,16,18-23,25,27,34-36H,6-8,10-15H2,1-4H3/t16?,18-,19+,20+,21-,22-,23+,25-,27-,30-,31+/m0/s1. The minimum Gasteiger partial charge on any atom is -0.393 e. The summed E-state index contributed by atoms with van der Waals surface area (Å²) in [4.78, 5) is 4.64. The van der Waals surface area contributed by atoms with E-state index in [1.54, 1.807) is 18.3 Å². The first kappa shape index (κ1) is 26.2. The molecule has 37 heavy (non-hydrogen) atoms. The van der Waals surface area contributed by atoms with E-state index >= 15 is 0 Å². The highest BCUT2D eigenvalue weighted by Gasteiger charge is 2.65. The third kappa shape index (κ3) is 3.95. The first-order valence-corrected chi connectivity index (χ1v) is 15.4. The van der Waals surface area contributed by atoms with Gasteiger partial charge in [-0.25, -0.2) is 9.37 Å². The second-order valence-corrected chi connectivity index (χ2v) is 14.8. The van der Waals surface area contributed by atoms with Crippen molar-refractivity contribution >= 4 is 21.6 Å². The quantitative estimate of drug-likeness (QED) is 0.436. The average molecular weight is 530 g/mol. The molecule has 4 nitrogen and oxygen atoms in total. The molecule has 3 N–H and O–H groups in total. The second kappa shape index (κ2) is 9.25. The summed E-state index contributed by atoms with van der Waals surface area (Å²) in [6, 6.07) is 3.81. The highest BCUT2D eigenvalue weighted by atomic mass is 32.1. The Morgan fingerprint density at radius 2 is 1.86 bits per heavy atom. The number of halogens is 1. The molecule has 4 saturated carbocycles. The Balaban J connectivity index is 1.20. The van der Waals surface area contributed by atoms with Crippen molar-refractivity contribution in [1.82, 2.24) is 4.98 Å². The van der Waals surface area contributed by atoms with Crippen LogP contribution < -0.4 is 0 Å². The average Bonchev–Trinajstić information content (AvgIpc) is 3.44. The van der Waals surface area contributed by atoms with Crippen LogP contribution >= 0.6 is 11.3 Å². The Morgan fingerprint density at radius 1 is 1.08 bits per heavy atom. The van der Waals surface area contributed by atoms with Gasteiger partial charge in [-0.05, 0) is 123 Å². The summed E-state index contributed by atoms with van der Waals surface area (Å²) < 4.78 is 15.5. The van der Waals surface area contributed by atoms with Crippen LogP contribution in [0, 0.1) is 59.1 Å². The zero-order valence-electron chi connectivity index (χ0n) is 22.8. The number of rotatable bonds is 4. The van der Waals surface area contributed by atoms with Gasteiger partial charge in [-0.1, -0.05) is 26.8 Å². The normalized spacial score (nSPS) is 44.3. The minimum absolute atomic E-state index is 0.107. The maximum atomic E-state index is 14.5. The van der Waals surface area contributed by atoms with Gasteiger partial charge >= 0.3 is 0 Å². The number of aliphatic hydroxyl groups excluding tert-OH is 3. The van der Waals surface area contributed by atoms with Crippen LogP contribution in [-0.4, -0.2) is 38.6 Å². The van der Waals surface area contributed by atoms with E-state index in [9.17, 15) is 19.7 Å². The van der Waals surface area contributed by atoms with Gasteiger partial charge in [0.2, 0.25) is 0 Å². The van der Waals surface area contributed by atoms with Gasteiger partial charge in [0.05, 0.1) is 28.0 Å². The van der Waals surface area contributed by atoms with Gasteiger partial charge in [-0.3, -0.25) is 0 Å². The van der Waals surface area contributed by atoms with Crippen LogP contribution in [0.15, 0.2) is 12.1 Å². The molecule has 4 fully saturated rings. The van der Waals surface area contributed by atoms with Crippen LogP contribution in [0.1, 0.15) is 82.7 Å². The smallest absolute Gasteiger partial charge is 0.153 e. The molecule has 6 rings (SSSR count). The molecule has 0 aliphatic heterocycles. The van der Waals surface area contributed by atoms with Crippen molar-refractivity contribution in [3.05, 3.63) is 28.5 Å². The van der Waals surface area contributed by atoms with Crippen molar-refractivity contribution < 1.29 is 19.7 Å². The predicted molar refractivity (Wildman–Crippen MR) is 146 cm³/mol. The number of thiazole rings is 1. The van der Waals surface area contributed by atoms with Gasteiger partial charge in [-0.15, -0.1) is 11.3 Å². The van der Waals surface area contributed by atoms with Crippen molar-refractivity contribution in [2.45, 2.75) is 104 Å². The molecule has 1 heterocycles. The summed E-state index contributed by atoms with van der Waals surface area (Å²) in [5.74, 6) is 1.90. The molecule has 4 aliphatic rings. The fraction of sp³-hybridized carbons (Fsp3) is 0.774. The van der Waals surface area contributed by atoms with Crippen LogP contribution in [0.25, 0.3) is 10.2 Å². The summed E-state index contributed by atoms with van der Waals surface area (Å²) in [7, 11) is 0. The van der Waals surface area contributed by atoms with Crippen LogP contribution in [0.3, 0.4) is 0 Å². The lowest BCUT2D eigenvalue weighted by Crippen LogP contribution is -2.62. The van der Waals surface area contributed by atoms with E-state index in [4.69, 9.17) is 0 Å². The molecule has 4 aliphatic carbocycles. The van der Waals surface area contributed by atoms with Gasteiger partial charge < -0.3 is 15.3 Å². The molecule has 204 valence electrons. The number of hydrogen-bond donors (Lipinski definition) is 3. The van der Waals surface area contributed by atoms with Crippen LogP contribution in [0.2, 0.25) is 0 Å². The Kier molecular flexibility index (Phi) is 6.54. The fourth-order valence-electron chi connectivity index (χ4n) is 9.90. The van der Waals surface area contributed by atoms with Crippen molar-refractivity contribution in [3.8, 4) is 0 Å². The summed E-state index contributed by atoms with van der Waals surface area (Å²) >= 11 is 1.60. The zero-order chi connectivity index (χ0) is 26.3. The van der Waals surface area contributed by atoms with E-state index < -0.39 is 0 Å². The summed E-state index contributed by atoms with van der Waals surface area (Å²) in [6.45, 7) is 8.81. The summed E-state index contributed by atoms with van der Waals surface area (Å²) in [6.07, 6.45) is 7.28. The Hall–Kier alpha value is -1.08. The molecule has 0 radical (unpaired) electrons. The first-order chi connectivity index (χ1) is 17.5. The van der Waals surface area contributed by atoms with E-state index in [0.29, 0.717) is 40.7 Å². The van der Waals surface area contributed by atoms with Gasteiger partial charge in [0.15, 0.2) is 5.82 Å². The molecule has 0 spiro atoms. The summed E-state index contributed by atoms with van der Waals surface area (Å²) in [5, 5.41) is 34.6. The molecule has 1 aromatic heterocycles. The lowest BCUT2D eigenvalue weighted by molar-refractivity contribution is -0.207. The Labute approximate surface area is 224 Å². The Bertz CT molecular complexity index is 1170. The summed E-state index contributed by atoms with van der Waals surface area (Å²) in [5.41, 5.74) is 1.06. The number of benzene rings is 1. The van der Waals surface area contributed by atoms with Crippen molar-refractivity contribution in [1.29, 1.82) is 0 Å². The van der Waals surface area contributed by atoms with E-state index in [-0.39, 0.29) is 40.9 Å². The molecule has 0 bridgehead atoms. The number of aliphatic hydroxyl groups is 3. The van der Waals surface area contributed by atoms with Crippen molar-refractivity contribution in [3.63, 3.8) is 0 Å². The number of hydrogen-bond acceptors (Lipinski definition) is 5. The van der Waals surface area contributed by atoms with Crippen LogP contribution in [-0.2, 0) is 6.42 Å². The molecule has 6 heteroatoms. The van der Waals surface area contributed by atoms with E-state index in [2.05, 4.69) is 25.8 Å². The lowest BCUT2D eigenvalue weighted by Gasteiger charge is -2.63. The van der Waals surface area contributed by atoms with Crippen molar-refractivity contribution in [2.24, 2.45) is 46.3 Å². The highest BCUT2D eigenvalue weighted by Crippen LogP contribution is 2.68. The predicted octanol–water partition coefficient (Wildman–Crippen LogP) is 6.27. The van der Waals surface area contributed by atoms with Gasteiger partial charge in [0, 0.05) is 0 Å². The number of nitrogens with zero attached hydrogens (tertiary/aromatic N) is 1. The third-order valence-electron chi connectivity index (χ3n) is 12.1. The largest absolute Gasteiger partial charge is 0.393 e. The van der Waals surface area contributed by atoms with Gasteiger partial charge in [-0.2, -0.15) is 0 Å². The maximum absolute atomic E-state index is 14.5. The van der Waals surface area contributed by atoms with Gasteiger partial charge in [0.25, 0.3) is 0 Å². The first-order valence-electron chi connectivity index (χ1n) is 14.6. The van der Waals surface area contributed by atoms with Crippen LogP contribution in [0.4, 0.5) is 4.39 Å². The molecule has 0 amide bonds. The van der Waals surface area contributed by atoms with E-state index in [1.165, 1.54) is 0 Å². The monoisotopic (exact) mass is 529 g/mol. The topological polar surface area (TPSA) is 73.6 Å². The van der Waals surface area contributed by atoms with Crippen LogP contribution in [0.5, 0.6) is 0 Å². The Morgan fingerprint density at radius 3 is 2.65 bits per heavy atom. The molecule has 11 atom stereocenters. The molecule has 2 aromatic rings. The lowest BCUT2D eigenvalue weighted by atomic mass is 9.43.